The largest absolute Gasteiger partial charge is 0.335 e. The Morgan fingerprint density at radius 2 is 1.79 bits per heavy atom. The summed E-state index contributed by atoms with van der Waals surface area (Å²) in [6.07, 6.45) is 2.49. The Hall–Kier alpha value is -2.04. The SMILES string of the molecule is O=C(NC1CC1)N[C@@H]1CC(=O)N(c2ccccc2)C1. The molecule has 0 bridgehead atoms. The van der Waals surface area contributed by atoms with Gasteiger partial charge in [-0.05, 0) is 25.0 Å². The average Bonchev–Trinajstić information content (AvgIpc) is 3.13. The van der Waals surface area contributed by atoms with E-state index >= 15 is 0 Å². The van der Waals surface area contributed by atoms with Gasteiger partial charge >= 0.3 is 6.03 Å². The van der Waals surface area contributed by atoms with Crippen molar-refractivity contribution in [2.75, 3.05) is 11.4 Å². The highest BCUT2D eigenvalue weighted by Gasteiger charge is 2.32. The zero-order valence-corrected chi connectivity index (χ0v) is 10.6. The molecule has 19 heavy (non-hydrogen) atoms. The monoisotopic (exact) mass is 259 g/mol. The molecule has 2 fully saturated rings. The maximum atomic E-state index is 12.0. The summed E-state index contributed by atoms with van der Waals surface area (Å²) in [5.41, 5.74) is 0.888. The number of urea groups is 1. The van der Waals surface area contributed by atoms with Gasteiger partial charge in [-0.3, -0.25) is 4.79 Å². The molecule has 2 aliphatic rings. The number of benzene rings is 1. The zero-order chi connectivity index (χ0) is 13.2. The molecule has 0 unspecified atom stereocenters. The number of carbonyl (C=O) groups excluding carboxylic acids is 2. The summed E-state index contributed by atoms with van der Waals surface area (Å²) in [5, 5.41) is 5.74. The fraction of sp³-hybridized carbons (Fsp3) is 0.429. The van der Waals surface area contributed by atoms with E-state index in [4.69, 9.17) is 0 Å². The Balaban J connectivity index is 1.58. The van der Waals surface area contributed by atoms with Gasteiger partial charge in [-0.15, -0.1) is 0 Å². The zero-order valence-electron chi connectivity index (χ0n) is 10.6. The fourth-order valence-corrected chi connectivity index (χ4v) is 2.30. The number of rotatable bonds is 3. The second-order valence-electron chi connectivity index (χ2n) is 5.13. The number of amides is 3. The van der Waals surface area contributed by atoms with Crippen LogP contribution in [0.5, 0.6) is 0 Å². The molecule has 1 atom stereocenters. The van der Waals surface area contributed by atoms with Gasteiger partial charge in [-0.1, -0.05) is 18.2 Å². The van der Waals surface area contributed by atoms with Gasteiger partial charge in [-0.25, -0.2) is 4.79 Å². The quantitative estimate of drug-likeness (QED) is 0.858. The van der Waals surface area contributed by atoms with Crippen molar-refractivity contribution in [3.8, 4) is 0 Å². The van der Waals surface area contributed by atoms with Crippen molar-refractivity contribution in [1.29, 1.82) is 0 Å². The van der Waals surface area contributed by atoms with E-state index in [0.29, 0.717) is 19.0 Å². The Labute approximate surface area is 112 Å². The number of para-hydroxylation sites is 1. The maximum Gasteiger partial charge on any atom is 0.315 e. The van der Waals surface area contributed by atoms with Crippen LogP contribution in [-0.4, -0.2) is 30.6 Å². The molecular weight excluding hydrogens is 242 g/mol. The van der Waals surface area contributed by atoms with Gasteiger partial charge in [0, 0.05) is 24.7 Å². The van der Waals surface area contributed by atoms with E-state index in [1.165, 1.54) is 0 Å². The second kappa shape index (κ2) is 4.91. The molecule has 5 heteroatoms. The van der Waals surface area contributed by atoms with Crippen LogP contribution in [0.2, 0.25) is 0 Å². The topological polar surface area (TPSA) is 61.4 Å². The maximum absolute atomic E-state index is 12.0. The van der Waals surface area contributed by atoms with Gasteiger partial charge in [0.1, 0.15) is 0 Å². The number of nitrogens with one attached hydrogen (secondary N) is 2. The normalized spacial score (nSPS) is 22.4. The number of hydrogen-bond acceptors (Lipinski definition) is 2. The Morgan fingerprint density at radius 1 is 1.11 bits per heavy atom. The van der Waals surface area contributed by atoms with Crippen LogP contribution < -0.4 is 15.5 Å². The summed E-state index contributed by atoms with van der Waals surface area (Å²) >= 11 is 0. The lowest BCUT2D eigenvalue weighted by atomic mass is 10.2. The summed E-state index contributed by atoms with van der Waals surface area (Å²) in [4.78, 5) is 25.3. The second-order valence-corrected chi connectivity index (χ2v) is 5.13. The molecule has 1 aliphatic carbocycles. The molecule has 100 valence electrons. The summed E-state index contributed by atoms with van der Waals surface area (Å²) in [5.74, 6) is 0.0583. The van der Waals surface area contributed by atoms with Gasteiger partial charge in [0.2, 0.25) is 5.91 Å². The average molecular weight is 259 g/mol. The van der Waals surface area contributed by atoms with Crippen molar-refractivity contribution in [1.82, 2.24) is 10.6 Å². The molecule has 3 rings (SSSR count). The molecule has 1 saturated heterocycles. The first-order valence-corrected chi connectivity index (χ1v) is 6.65. The van der Waals surface area contributed by atoms with E-state index in [-0.39, 0.29) is 18.0 Å². The van der Waals surface area contributed by atoms with Crippen LogP contribution in [0, 0.1) is 0 Å². The van der Waals surface area contributed by atoms with Crippen LogP contribution in [0.3, 0.4) is 0 Å². The van der Waals surface area contributed by atoms with Crippen LogP contribution in [0.25, 0.3) is 0 Å². The summed E-state index contributed by atoms with van der Waals surface area (Å²) in [6.45, 7) is 0.543. The van der Waals surface area contributed by atoms with Crippen molar-refractivity contribution >= 4 is 17.6 Å². The lowest BCUT2D eigenvalue weighted by Crippen LogP contribution is -2.44. The van der Waals surface area contributed by atoms with Crippen LogP contribution in [0.4, 0.5) is 10.5 Å². The van der Waals surface area contributed by atoms with E-state index in [1.807, 2.05) is 30.3 Å². The van der Waals surface area contributed by atoms with Crippen molar-refractivity contribution in [3.05, 3.63) is 30.3 Å². The fourth-order valence-electron chi connectivity index (χ4n) is 2.30. The van der Waals surface area contributed by atoms with Crippen molar-refractivity contribution in [3.63, 3.8) is 0 Å². The first-order valence-electron chi connectivity index (χ1n) is 6.65. The highest BCUT2D eigenvalue weighted by molar-refractivity contribution is 5.96. The van der Waals surface area contributed by atoms with E-state index < -0.39 is 0 Å². The number of hydrogen-bond donors (Lipinski definition) is 2. The molecular formula is C14H17N3O2. The highest BCUT2D eigenvalue weighted by Crippen LogP contribution is 2.21. The third-order valence-electron chi connectivity index (χ3n) is 3.44. The number of anilines is 1. The Kier molecular flexibility index (Phi) is 3.11. The molecule has 5 nitrogen and oxygen atoms in total. The van der Waals surface area contributed by atoms with Gasteiger partial charge in [-0.2, -0.15) is 0 Å². The number of carbonyl (C=O) groups is 2. The smallest absolute Gasteiger partial charge is 0.315 e. The van der Waals surface area contributed by atoms with Gasteiger partial charge in [0.05, 0.1) is 6.04 Å². The lowest BCUT2D eigenvalue weighted by Gasteiger charge is -2.17. The molecule has 3 amide bonds. The first-order chi connectivity index (χ1) is 9.22. The van der Waals surface area contributed by atoms with Gasteiger partial charge in [0.25, 0.3) is 0 Å². The van der Waals surface area contributed by atoms with Gasteiger partial charge in [0.15, 0.2) is 0 Å². The predicted octanol–water partition coefficient (Wildman–Crippen LogP) is 1.25. The van der Waals surface area contributed by atoms with Crippen LogP contribution >= 0.6 is 0 Å². The van der Waals surface area contributed by atoms with Crippen molar-refractivity contribution in [2.24, 2.45) is 0 Å². The third-order valence-corrected chi connectivity index (χ3v) is 3.44. The van der Waals surface area contributed by atoms with Crippen LogP contribution in [0.15, 0.2) is 30.3 Å². The molecule has 1 heterocycles. The molecule has 0 aromatic heterocycles. The predicted molar refractivity (Wildman–Crippen MR) is 71.9 cm³/mol. The number of nitrogens with zero attached hydrogens (tertiary/aromatic N) is 1. The standard InChI is InChI=1S/C14H17N3O2/c18-13-8-11(16-14(19)15-10-6-7-10)9-17(13)12-4-2-1-3-5-12/h1-5,10-11H,6-9H2,(H2,15,16,19)/t11-/m1/s1. The molecule has 1 aromatic carbocycles. The van der Waals surface area contributed by atoms with Crippen LogP contribution in [0.1, 0.15) is 19.3 Å². The minimum absolute atomic E-state index is 0.0583. The molecule has 1 saturated carbocycles. The lowest BCUT2D eigenvalue weighted by molar-refractivity contribution is -0.117. The van der Waals surface area contributed by atoms with Crippen LogP contribution in [-0.2, 0) is 4.79 Å². The summed E-state index contributed by atoms with van der Waals surface area (Å²) < 4.78 is 0. The molecule has 0 spiro atoms. The van der Waals surface area contributed by atoms with E-state index in [9.17, 15) is 9.59 Å². The summed E-state index contributed by atoms with van der Waals surface area (Å²) in [7, 11) is 0. The highest BCUT2D eigenvalue weighted by atomic mass is 16.2. The third kappa shape index (κ3) is 2.86. The molecule has 1 aromatic rings. The van der Waals surface area contributed by atoms with E-state index in [1.54, 1.807) is 4.90 Å². The van der Waals surface area contributed by atoms with E-state index in [2.05, 4.69) is 10.6 Å². The van der Waals surface area contributed by atoms with Crippen molar-refractivity contribution in [2.45, 2.75) is 31.3 Å². The molecule has 0 radical (unpaired) electrons. The minimum Gasteiger partial charge on any atom is -0.335 e. The first kappa shape index (κ1) is 12.0. The molecule has 2 N–H and O–H groups in total. The Morgan fingerprint density at radius 3 is 2.47 bits per heavy atom. The summed E-state index contributed by atoms with van der Waals surface area (Å²) in [6, 6.07) is 9.62. The molecule has 1 aliphatic heterocycles. The van der Waals surface area contributed by atoms with E-state index in [0.717, 1.165) is 18.5 Å². The Bertz CT molecular complexity index is 485. The minimum atomic E-state index is -0.157. The van der Waals surface area contributed by atoms with Crippen molar-refractivity contribution < 1.29 is 9.59 Å². The van der Waals surface area contributed by atoms with Gasteiger partial charge < -0.3 is 15.5 Å².